The molecule has 1 N–H and O–H groups in total. The number of nitrogens with zero attached hydrogens (tertiary/aromatic N) is 3. The van der Waals surface area contributed by atoms with Gasteiger partial charge in [0.15, 0.2) is 0 Å². The fraction of sp³-hybridized carbons (Fsp3) is 0.385. The van der Waals surface area contributed by atoms with E-state index in [-0.39, 0.29) is 6.04 Å². The topological polar surface area (TPSA) is 42.7 Å². The molecular formula is C13H18N4. The molecule has 0 bridgehead atoms. The molecule has 2 heterocycles. The van der Waals surface area contributed by atoms with Gasteiger partial charge in [0.05, 0.1) is 23.8 Å². The molecule has 2 aromatic rings. The molecule has 17 heavy (non-hydrogen) atoms. The van der Waals surface area contributed by atoms with Crippen LogP contribution in [0.25, 0.3) is 0 Å². The molecule has 2 rings (SSSR count). The summed E-state index contributed by atoms with van der Waals surface area (Å²) in [4.78, 5) is 8.88. The molecule has 1 atom stereocenters. The first kappa shape index (κ1) is 11.8. The van der Waals surface area contributed by atoms with E-state index in [9.17, 15) is 0 Å². The van der Waals surface area contributed by atoms with E-state index in [1.165, 1.54) is 5.56 Å². The van der Waals surface area contributed by atoms with E-state index in [4.69, 9.17) is 0 Å². The molecule has 2 aromatic heterocycles. The first-order valence-electron chi connectivity index (χ1n) is 5.85. The van der Waals surface area contributed by atoms with Crippen LogP contribution in [-0.4, -0.2) is 21.1 Å². The van der Waals surface area contributed by atoms with Crippen LogP contribution >= 0.6 is 0 Å². The van der Waals surface area contributed by atoms with Gasteiger partial charge in [-0.25, -0.2) is 4.98 Å². The van der Waals surface area contributed by atoms with Crippen molar-refractivity contribution in [1.82, 2.24) is 19.9 Å². The van der Waals surface area contributed by atoms with Crippen molar-refractivity contribution < 1.29 is 0 Å². The molecule has 0 fully saturated rings. The summed E-state index contributed by atoms with van der Waals surface area (Å²) in [5, 5.41) is 3.43. The van der Waals surface area contributed by atoms with Crippen LogP contribution in [0.3, 0.4) is 0 Å². The van der Waals surface area contributed by atoms with Gasteiger partial charge >= 0.3 is 0 Å². The third-order valence-electron chi connectivity index (χ3n) is 2.75. The maximum atomic E-state index is 4.47. The minimum absolute atomic E-state index is 0.0717. The standard InChI is InChI=1S/C13H18N4/c1-4-14-13(11-8-17(3)9-16-11)12-10(2)6-5-7-15-12/h5-9,13-14H,4H2,1-3H3. The highest BCUT2D eigenvalue weighted by molar-refractivity contribution is 5.27. The monoisotopic (exact) mass is 230 g/mol. The minimum atomic E-state index is 0.0717. The average molecular weight is 230 g/mol. The van der Waals surface area contributed by atoms with Gasteiger partial charge in [-0.15, -0.1) is 0 Å². The summed E-state index contributed by atoms with van der Waals surface area (Å²) in [5.41, 5.74) is 3.24. The molecule has 1 unspecified atom stereocenters. The fourth-order valence-corrected chi connectivity index (χ4v) is 1.93. The van der Waals surface area contributed by atoms with Gasteiger partial charge < -0.3 is 9.88 Å². The van der Waals surface area contributed by atoms with Crippen molar-refractivity contribution in [2.75, 3.05) is 6.54 Å². The molecule has 4 nitrogen and oxygen atoms in total. The second-order valence-corrected chi connectivity index (χ2v) is 4.16. The van der Waals surface area contributed by atoms with E-state index in [0.29, 0.717) is 0 Å². The zero-order chi connectivity index (χ0) is 12.3. The molecule has 0 aliphatic heterocycles. The summed E-state index contributed by atoms with van der Waals surface area (Å²) in [7, 11) is 1.98. The van der Waals surface area contributed by atoms with E-state index < -0.39 is 0 Å². The third kappa shape index (κ3) is 2.53. The van der Waals surface area contributed by atoms with Gasteiger partial charge in [0.1, 0.15) is 0 Å². The van der Waals surface area contributed by atoms with E-state index in [0.717, 1.165) is 17.9 Å². The fourth-order valence-electron chi connectivity index (χ4n) is 1.93. The second kappa shape index (κ2) is 5.10. The van der Waals surface area contributed by atoms with Crippen LogP contribution in [0.15, 0.2) is 30.9 Å². The van der Waals surface area contributed by atoms with Gasteiger partial charge in [0, 0.05) is 19.4 Å². The lowest BCUT2D eigenvalue weighted by Crippen LogP contribution is -2.24. The van der Waals surface area contributed by atoms with Gasteiger partial charge in [-0.1, -0.05) is 13.0 Å². The van der Waals surface area contributed by atoms with E-state index in [1.54, 1.807) is 0 Å². The maximum absolute atomic E-state index is 4.47. The van der Waals surface area contributed by atoms with Gasteiger partial charge in [-0.3, -0.25) is 4.98 Å². The Hall–Kier alpha value is -1.68. The van der Waals surface area contributed by atoms with Crippen molar-refractivity contribution >= 4 is 0 Å². The molecular weight excluding hydrogens is 212 g/mol. The summed E-state index contributed by atoms with van der Waals surface area (Å²) in [6.07, 6.45) is 5.68. The number of hydrogen-bond donors (Lipinski definition) is 1. The Bertz CT molecular complexity index is 490. The molecule has 0 aliphatic carbocycles. The first-order valence-corrected chi connectivity index (χ1v) is 5.85. The molecule has 0 radical (unpaired) electrons. The summed E-state index contributed by atoms with van der Waals surface area (Å²) in [5.74, 6) is 0. The molecule has 0 amide bonds. The Kier molecular flexibility index (Phi) is 3.54. The predicted molar refractivity (Wildman–Crippen MR) is 67.7 cm³/mol. The quantitative estimate of drug-likeness (QED) is 0.871. The summed E-state index contributed by atoms with van der Waals surface area (Å²) in [6, 6.07) is 4.11. The molecule has 4 heteroatoms. The summed E-state index contributed by atoms with van der Waals surface area (Å²) in [6.45, 7) is 5.06. The van der Waals surface area contributed by atoms with Crippen LogP contribution < -0.4 is 5.32 Å². The molecule has 0 spiro atoms. The normalized spacial score (nSPS) is 12.6. The summed E-state index contributed by atoms with van der Waals surface area (Å²) >= 11 is 0. The zero-order valence-corrected chi connectivity index (χ0v) is 10.5. The Morgan fingerprint density at radius 2 is 2.24 bits per heavy atom. The Labute approximate surface area is 102 Å². The lowest BCUT2D eigenvalue weighted by atomic mass is 10.1. The molecule has 0 aliphatic rings. The van der Waals surface area contributed by atoms with Gasteiger partial charge in [-0.2, -0.15) is 0 Å². The van der Waals surface area contributed by atoms with E-state index in [1.807, 2.05) is 36.4 Å². The maximum Gasteiger partial charge on any atom is 0.0947 e. The molecule has 0 saturated heterocycles. The predicted octanol–water partition coefficient (Wildman–Crippen LogP) is 1.82. The number of aryl methyl sites for hydroxylation is 2. The first-order chi connectivity index (χ1) is 8.22. The number of rotatable bonds is 4. The third-order valence-corrected chi connectivity index (χ3v) is 2.75. The Morgan fingerprint density at radius 1 is 1.41 bits per heavy atom. The van der Waals surface area contributed by atoms with Crippen molar-refractivity contribution in [1.29, 1.82) is 0 Å². The van der Waals surface area contributed by atoms with Gasteiger partial charge in [0.25, 0.3) is 0 Å². The van der Waals surface area contributed by atoms with Crippen LogP contribution in [0.5, 0.6) is 0 Å². The minimum Gasteiger partial charge on any atom is -0.340 e. The SMILES string of the molecule is CCNC(c1cn(C)cn1)c1ncccc1C. The molecule has 0 saturated carbocycles. The van der Waals surface area contributed by atoms with Crippen LogP contribution in [-0.2, 0) is 7.05 Å². The van der Waals surface area contributed by atoms with Gasteiger partial charge in [-0.05, 0) is 25.1 Å². The van der Waals surface area contributed by atoms with Crippen LogP contribution in [0, 0.1) is 6.92 Å². The van der Waals surface area contributed by atoms with Crippen molar-refractivity contribution in [3.05, 3.63) is 47.8 Å². The second-order valence-electron chi connectivity index (χ2n) is 4.16. The van der Waals surface area contributed by atoms with Crippen molar-refractivity contribution in [2.45, 2.75) is 19.9 Å². The van der Waals surface area contributed by atoms with Crippen LogP contribution in [0.4, 0.5) is 0 Å². The van der Waals surface area contributed by atoms with Crippen LogP contribution in [0.1, 0.15) is 29.9 Å². The smallest absolute Gasteiger partial charge is 0.0947 e. The average Bonchev–Trinajstić information content (AvgIpc) is 2.74. The van der Waals surface area contributed by atoms with Crippen molar-refractivity contribution in [3.8, 4) is 0 Å². The summed E-state index contributed by atoms with van der Waals surface area (Å²) < 4.78 is 1.96. The highest BCUT2D eigenvalue weighted by Crippen LogP contribution is 2.21. The molecule has 90 valence electrons. The highest BCUT2D eigenvalue weighted by Gasteiger charge is 2.18. The van der Waals surface area contributed by atoms with Crippen molar-refractivity contribution in [2.24, 2.45) is 7.05 Å². The number of imidazole rings is 1. The lowest BCUT2D eigenvalue weighted by molar-refractivity contribution is 0.599. The Balaban J connectivity index is 2.39. The highest BCUT2D eigenvalue weighted by atomic mass is 15.0. The van der Waals surface area contributed by atoms with E-state index >= 15 is 0 Å². The van der Waals surface area contributed by atoms with Gasteiger partial charge in [0.2, 0.25) is 0 Å². The van der Waals surface area contributed by atoms with Crippen LogP contribution in [0.2, 0.25) is 0 Å². The lowest BCUT2D eigenvalue weighted by Gasteiger charge is -2.17. The number of hydrogen-bond acceptors (Lipinski definition) is 3. The number of aromatic nitrogens is 3. The number of nitrogens with one attached hydrogen (secondary N) is 1. The van der Waals surface area contributed by atoms with Crippen molar-refractivity contribution in [3.63, 3.8) is 0 Å². The number of pyridine rings is 1. The molecule has 0 aromatic carbocycles. The van der Waals surface area contributed by atoms with E-state index in [2.05, 4.69) is 35.2 Å². The zero-order valence-electron chi connectivity index (χ0n) is 10.5. The largest absolute Gasteiger partial charge is 0.340 e. The Morgan fingerprint density at radius 3 is 2.82 bits per heavy atom.